The van der Waals surface area contributed by atoms with E-state index in [1.165, 1.54) is 0 Å². The van der Waals surface area contributed by atoms with Crippen LogP contribution in [0.5, 0.6) is 5.75 Å². The zero-order valence-electron chi connectivity index (χ0n) is 11.9. The fourth-order valence-electron chi connectivity index (χ4n) is 2.10. The van der Waals surface area contributed by atoms with Crippen LogP contribution in [-0.2, 0) is 6.54 Å². The van der Waals surface area contributed by atoms with Gasteiger partial charge in [-0.25, -0.2) is 4.39 Å². The summed E-state index contributed by atoms with van der Waals surface area (Å²) >= 11 is 0. The molecule has 106 valence electrons. The van der Waals surface area contributed by atoms with Crippen molar-refractivity contribution in [3.8, 4) is 16.9 Å². The van der Waals surface area contributed by atoms with Gasteiger partial charge in [-0.15, -0.1) is 0 Å². The summed E-state index contributed by atoms with van der Waals surface area (Å²) in [6.45, 7) is 5.92. The van der Waals surface area contributed by atoms with Gasteiger partial charge in [0.1, 0.15) is 11.6 Å². The van der Waals surface area contributed by atoms with E-state index in [1.807, 2.05) is 50.2 Å². The van der Waals surface area contributed by atoms with Gasteiger partial charge in [-0.1, -0.05) is 37.3 Å². The van der Waals surface area contributed by atoms with Gasteiger partial charge in [0, 0.05) is 17.7 Å². The third-order valence-electron chi connectivity index (χ3n) is 3.12. The Morgan fingerprint density at radius 2 is 1.90 bits per heavy atom. The number of hydrogen-bond acceptors (Lipinski definition) is 2. The Hall–Kier alpha value is -1.87. The van der Waals surface area contributed by atoms with Crippen molar-refractivity contribution in [2.45, 2.75) is 20.4 Å². The maximum Gasteiger partial charge on any atom is 0.128 e. The SMILES string of the molecule is CCNCc1ccc(-c2ccccc2OCC)cc1F. The van der Waals surface area contributed by atoms with Crippen molar-refractivity contribution in [3.63, 3.8) is 0 Å². The second kappa shape index (κ2) is 7.06. The molecule has 2 nitrogen and oxygen atoms in total. The van der Waals surface area contributed by atoms with E-state index < -0.39 is 0 Å². The van der Waals surface area contributed by atoms with Crippen molar-refractivity contribution >= 4 is 0 Å². The predicted molar refractivity (Wildman–Crippen MR) is 80.4 cm³/mol. The molecule has 0 heterocycles. The highest BCUT2D eigenvalue weighted by atomic mass is 19.1. The van der Waals surface area contributed by atoms with Gasteiger partial charge in [-0.05, 0) is 31.2 Å². The Balaban J connectivity index is 2.32. The van der Waals surface area contributed by atoms with Crippen molar-refractivity contribution in [2.24, 2.45) is 0 Å². The Labute approximate surface area is 119 Å². The van der Waals surface area contributed by atoms with Gasteiger partial charge in [0.2, 0.25) is 0 Å². The van der Waals surface area contributed by atoms with Crippen LogP contribution in [0.1, 0.15) is 19.4 Å². The van der Waals surface area contributed by atoms with Gasteiger partial charge in [-0.3, -0.25) is 0 Å². The summed E-state index contributed by atoms with van der Waals surface area (Å²) in [6.07, 6.45) is 0. The second-order valence-electron chi connectivity index (χ2n) is 4.52. The molecule has 0 spiro atoms. The molecular formula is C17H20FNO. The Morgan fingerprint density at radius 3 is 2.60 bits per heavy atom. The molecule has 2 aromatic carbocycles. The highest BCUT2D eigenvalue weighted by Gasteiger charge is 2.08. The minimum absolute atomic E-state index is 0.185. The van der Waals surface area contributed by atoms with Gasteiger partial charge >= 0.3 is 0 Å². The fourth-order valence-corrected chi connectivity index (χ4v) is 2.10. The molecule has 2 aromatic rings. The molecule has 0 aliphatic carbocycles. The number of rotatable bonds is 6. The molecule has 0 aliphatic heterocycles. The summed E-state index contributed by atoms with van der Waals surface area (Å²) in [6, 6.07) is 13.0. The van der Waals surface area contributed by atoms with Crippen molar-refractivity contribution < 1.29 is 9.13 Å². The number of nitrogens with one attached hydrogen (secondary N) is 1. The molecule has 0 bridgehead atoms. The van der Waals surface area contributed by atoms with E-state index in [0.717, 1.165) is 23.4 Å². The molecule has 2 rings (SSSR count). The lowest BCUT2D eigenvalue weighted by molar-refractivity contribution is 0.341. The van der Waals surface area contributed by atoms with E-state index in [4.69, 9.17) is 4.74 Å². The summed E-state index contributed by atoms with van der Waals surface area (Å²) in [4.78, 5) is 0. The molecule has 0 aliphatic rings. The zero-order chi connectivity index (χ0) is 14.4. The third kappa shape index (κ3) is 3.36. The Morgan fingerprint density at radius 1 is 1.10 bits per heavy atom. The topological polar surface area (TPSA) is 21.3 Å². The van der Waals surface area contributed by atoms with Crippen LogP contribution in [0.15, 0.2) is 42.5 Å². The van der Waals surface area contributed by atoms with Crippen molar-refractivity contribution in [1.29, 1.82) is 0 Å². The van der Waals surface area contributed by atoms with Gasteiger partial charge < -0.3 is 10.1 Å². The molecule has 20 heavy (non-hydrogen) atoms. The predicted octanol–water partition coefficient (Wildman–Crippen LogP) is 4.00. The lowest BCUT2D eigenvalue weighted by Gasteiger charge is -2.11. The number of benzene rings is 2. The minimum Gasteiger partial charge on any atom is -0.493 e. The van der Waals surface area contributed by atoms with Gasteiger partial charge in [0.25, 0.3) is 0 Å². The molecule has 0 saturated carbocycles. The average molecular weight is 273 g/mol. The van der Waals surface area contributed by atoms with Crippen molar-refractivity contribution in [3.05, 3.63) is 53.8 Å². The monoisotopic (exact) mass is 273 g/mol. The first-order valence-corrected chi connectivity index (χ1v) is 6.97. The quantitative estimate of drug-likeness (QED) is 0.859. The minimum atomic E-state index is -0.185. The van der Waals surface area contributed by atoms with Crippen LogP contribution < -0.4 is 10.1 Å². The molecule has 0 fully saturated rings. The van der Waals surface area contributed by atoms with Gasteiger partial charge in [0.05, 0.1) is 6.61 Å². The van der Waals surface area contributed by atoms with E-state index in [1.54, 1.807) is 6.07 Å². The summed E-state index contributed by atoms with van der Waals surface area (Å²) in [7, 11) is 0. The molecule has 0 radical (unpaired) electrons. The van der Waals surface area contributed by atoms with Crippen LogP contribution in [0.4, 0.5) is 4.39 Å². The molecular weight excluding hydrogens is 253 g/mol. The molecule has 0 aromatic heterocycles. The van der Waals surface area contributed by atoms with E-state index in [0.29, 0.717) is 18.7 Å². The van der Waals surface area contributed by atoms with Crippen LogP contribution in [0.3, 0.4) is 0 Å². The van der Waals surface area contributed by atoms with Crippen LogP contribution in [0.2, 0.25) is 0 Å². The normalized spacial score (nSPS) is 10.6. The zero-order valence-corrected chi connectivity index (χ0v) is 11.9. The molecule has 0 saturated heterocycles. The maximum absolute atomic E-state index is 14.1. The first-order chi connectivity index (χ1) is 9.76. The standard InChI is InChI=1S/C17H20FNO/c1-3-19-12-14-10-9-13(11-16(14)18)15-7-5-6-8-17(15)20-4-2/h5-11,19H,3-4,12H2,1-2H3. The van der Waals surface area contributed by atoms with Crippen LogP contribution in [-0.4, -0.2) is 13.2 Å². The average Bonchev–Trinajstić information content (AvgIpc) is 2.47. The summed E-state index contributed by atoms with van der Waals surface area (Å²) in [5.74, 6) is 0.601. The molecule has 0 atom stereocenters. The molecule has 1 N–H and O–H groups in total. The molecule has 3 heteroatoms. The van der Waals surface area contributed by atoms with Crippen molar-refractivity contribution in [2.75, 3.05) is 13.2 Å². The molecule has 0 amide bonds. The lowest BCUT2D eigenvalue weighted by Crippen LogP contribution is -2.12. The van der Waals surface area contributed by atoms with Gasteiger partial charge in [-0.2, -0.15) is 0 Å². The van der Waals surface area contributed by atoms with E-state index in [9.17, 15) is 4.39 Å². The van der Waals surface area contributed by atoms with E-state index in [-0.39, 0.29) is 5.82 Å². The summed E-state index contributed by atoms with van der Waals surface area (Å²) in [5.41, 5.74) is 2.44. The number of hydrogen-bond donors (Lipinski definition) is 1. The van der Waals surface area contributed by atoms with Gasteiger partial charge in [0.15, 0.2) is 0 Å². The Kier molecular flexibility index (Phi) is 5.13. The van der Waals surface area contributed by atoms with Crippen LogP contribution in [0.25, 0.3) is 11.1 Å². The summed E-state index contributed by atoms with van der Waals surface area (Å²) < 4.78 is 19.7. The van der Waals surface area contributed by atoms with E-state index in [2.05, 4.69) is 5.32 Å². The lowest BCUT2D eigenvalue weighted by atomic mass is 10.0. The highest BCUT2D eigenvalue weighted by molar-refractivity contribution is 5.70. The number of para-hydroxylation sites is 1. The fraction of sp³-hybridized carbons (Fsp3) is 0.294. The summed E-state index contributed by atoms with van der Waals surface area (Å²) in [5, 5.41) is 3.13. The van der Waals surface area contributed by atoms with E-state index >= 15 is 0 Å². The van der Waals surface area contributed by atoms with Crippen LogP contribution in [0, 0.1) is 5.82 Å². The first kappa shape index (κ1) is 14.5. The number of ether oxygens (including phenoxy) is 1. The van der Waals surface area contributed by atoms with Crippen molar-refractivity contribution in [1.82, 2.24) is 5.32 Å². The molecule has 0 unspecified atom stereocenters. The highest BCUT2D eigenvalue weighted by Crippen LogP contribution is 2.30. The second-order valence-corrected chi connectivity index (χ2v) is 4.52. The Bertz CT molecular complexity index is 569. The smallest absolute Gasteiger partial charge is 0.128 e. The third-order valence-corrected chi connectivity index (χ3v) is 3.12. The maximum atomic E-state index is 14.1. The van der Waals surface area contributed by atoms with Crippen LogP contribution >= 0.6 is 0 Å². The largest absolute Gasteiger partial charge is 0.493 e. The first-order valence-electron chi connectivity index (χ1n) is 6.97. The number of halogens is 1.